The van der Waals surface area contributed by atoms with Crippen LogP contribution in [-0.2, 0) is 14.4 Å². The van der Waals surface area contributed by atoms with Crippen LogP contribution in [-0.4, -0.2) is 54.8 Å². The summed E-state index contributed by atoms with van der Waals surface area (Å²) in [5.41, 5.74) is 5.39. The van der Waals surface area contributed by atoms with Gasteiger partial charge in [-0.25, -0.2) is 8.78 Å². The number of rotatable bonds is 8. The lowest BCUT2D eigenvalue weighted by molar-refractivity contribution is -0.132. The van der Waals surface area contributed by atoms with Crippen molar-refractivity contribution in [1.82, 2.24) is 10.2 Å². The smallest absolute Gasteiger partial charge is 0.223 e. The van der Waals surface area contributed by atoms with E-state index in [2.05, 4.69) is 5.32 Å². The number of piperidine rings is 1. The molecule has 0 spiro atoms. The van der Waals surface area contributed by atoms with Gasteiger partial charge < -0.3 is 15.8 Å². The quantitative estimate of drug-likeness (QED) is 0.464. The first-order valence-corrected chi connectivity index (χ1v) is 9.98. The number of hydrogen-bond donors (Lipinski definition) is 2. The average Bonchev–Trinajstić information content (AvgIpc) is 3.14. The maximum absolute atomic E-state index is 13.8. The summed E-state index contributed by atoms with van der Waals surface area (Å²) in [4.78, 5) is 38.2. The summed E-state index contributed by atoms with van der Waals surface area (Å²) in [5.74, 6) is -10.4. The van der Waals surface area contributed by atoms with Crippen molar-refractivity contribution in [2.75, 3.05) is 26.2 Å². The monoisotopic (exact) mass is 445 g/mol. The van der Waals surface area contributed by atoms with Crippen LogP contribution < -0.4 is 15.8 Å². The number of ether oxygens (including phenoxy) is 1. The number of nitrogens with two attached hydrogens (primary N) is 1. The minimum absolute atomic E-state index is 0.0402. The van der Waals surface area contributed by atoms with E-state index in [4.69, 9.17) is 10.5 Å². The maximum atomic E-state index is 13.8. The number of nitrogens with zero attached hydrogens (tertiary/aromatic N) is 1. The van der Waals surface area contributed by atoms with Gasteiger partial charge in [0.05, 0.1) is 12.0 Å². The molecule has 1 aromatic carbocycles. The molecule has 0 aliphatic carbocycles. The van der Waals surface area contributed by atoms with Crippen LogP contribution in [0.15, 0.2) is 6.07 Å². The molecule has 0 saturated carbocycles. The third-order valence-electron chi connectivity index (χ3n) is 5.77. The maximum Gasteiger partial charge on any atom is 0.223 e. The van der Waals surface area contributed by atoms with E-state index in [0.29, 0.717) is 32.4 Å². The summed E-state index contributed by atoms with van der Waals surface area (Å²) >= 11 is 0. The summed E-state index contributed by atoms with van der Waals surface area (Å²) in [6.07, 6.45) is 1.77. The summed E-state index contributed by atoms with van der Waals surface area (Å²) < 4.78 is 59.3. The number of carbonyl (C=O) groups is 3. The van der Waals surface area contributed by atoms with Crippen molar-refractivity contribution >= 4 is 17.6 Å². The minimum Gasteiger partial charge on any atom is -0.479 e. The number of amides is 2. The van der Waals surface area contributed by atoms with Crippen LogP contribution in [0.4, 0.5) is 17.6 Å². The van der Waals surface area contributed by atoms with E-state index in [1.54, 1.807) is 4.90 Å². The SMILES string of the molecule is NC(=O)C1CCCN([C@@H](C[C@@H]2CCNC2=O)C(=O)COc2c(F)c(F)cc(F)c2F)C1. The minimum atomic E-state index is -1.75. The molecule has 2 saturated heterocycles. The standard InChI is InChI=1S/C20H23F4N3O4/c21-12-7-13(22)17(24)18(16(12)23)31-9-15(28)14(6-10-3-4-26-20(10)30)27-5-1-2-11(8-27)19(25)29/h7,10-11,14H,1-6,8-9H2,(H2,25,29)(H,26,30)/t10-,11?,14-/m0/s1. The predicted octanol–water partition coefficient (Wildman–Crippen LogP) is 1.28. The molecule has 3 rings (SSSR count). The van der Waals surface area contributed by atoms with Crippen molar-refractivity contribution in [2.45, 2.75) is 31.7 Å². The fourth-order valence-electron chi connectivity index (χ4n) is 4.06. The van der Waals surface area contributed by atoms with Crippen LogP contribution in [0.2, 0.25) is 0 Å². The van der Waals surface area contributed by atoms with Gasteiger partial charge in [-0.15, -0.1) is 0 Å². The zero-order valence-electron chi connectivity index (χ0n) is 16.6. The molecule has 3 atom stereocenters. The Balaban J connectivity index is 1.77. The third kappa shape index (κ3) is 5.15. The van der Waals surface area contributed by atoms with E-state index >= 15 is 0 Å². The van der Waals surface area contributed by atoms with Gasteiger partial charge in [0, 0.05) is 25.1 Å². The lowest BCUT2D eigenvalue weighted by Crippen LogP contribution is -2.51. The second-order valence-electron chi connectivity index (χ2n) is 7.82. The molecule has 2 amide bonds. The van der Waals surface area contributed by atoms with Crippen LogP contribution in [0, 0.1) is 35.1 Å². The van der Waals surface area contributed by atoms with Crippen LogP contribution in [0.3, 0.4) is 0 Å². The lowest BCUT2D eigenvalue weighted by Gasteiger charge is -2.37. The summed E-state index contributed by atoms with van der Waals surface area (Å²) in [7, 11) is 0. The molecule has 3 N–H and O–H groups in total. The zero-order valence-corrected chi connectivity index (χ0v) is 16.6. The number of Topliss-reactive ketones (excluding diaryl/α,β-unsaturated/α-hetero) is 1. The van der Waals surface area contributed by atoms with Gasteiger partial charge in [-0.05, 0) is 32.2 Å². The fraction of sp³-hybridized carbons (Fsp3) is 0.550. The lowest BCUT2D eigenvalue weighted by atomic mass is 9.90. The Morgan fingerprint density at radius 1 is 1.19 bits per heavy atom. The van der Waals surface area contributed by atoms with Gasteiger partial charge in [0.2, 0.25) is 23.4 Å². The van der Waals surface area contributed by atoms with Crippen LogP contribution in [0.1, 0.15) is 25.7 Å². The molecule has 0 bridgehead atoms. The van der Waals surface area contributed by atoms with E-state index < -0.39 is 65.2 Å². The second-order valence-corrected chi connectivity index (χ2v) is 7.82. The number of nitrogens with one attached hydrogen (secondary N) is 1. The Hall–Kier alpha value is -2.69. The number of benzene rings is 1. The highest BCUT2D eigenvalue weighted by Crippen LogP contribution is 2.28. The van der Waals surface area contributed by atoms with E-state index in [1.165, 1.54) is 0 Å². The number of halogens is 4. The Bertz CT molecular complexity index is 856. The van der Waals surface area contributed by atoms with Crippen molar-refractivity contribution in [3.63, 3.8) is 0 Å². The number of carbonyl (C=O) groups excluding carboxylic acids is 3. The molecule has 7 nitrogen and oxygen atoms in total. The molecule has 31 heavy (non-hydrogen) atoms. The first kappa shape index (κ1) is 23.0. The van der Waals surface area contributed by atoms with Gasteiger partial charge in [0.1, 0.15) is 6.61 Å². The number of primary amides is 1. The van der Waals surface area contributed by atoms with Crippen LogP contribution >= 0.6 is 0 Å². The van der Waals surface area contributed by atoms with Crippen molar-refractivity contribution in [1.29, 1.82) is 0 Å². The summed E-state index contributed by atoms with van der Waals surface area (Å²) in [6, 6.07) is -0.848. The van der Waals surface area contributed by atoms with Gasteiger partial charge in [-0.3, -0.25) is 19.3 Å². The van der Waals surface area contributed by atoms with Gasteiger partial charge in [0.25, 0.3) is 0 Å². The van der Waals surface area contributed by atoms with E-state index in [1.807, 2.05) is 0 Å². The highest BCUT2D eigenvalue weighted by Gasteiger charge is 2.37. The van der Waals surface area contributed by atoms with Crippen LogP contribution in [0.25, 0.3) is 0 Å². The van der Waals surface area contributed by atoms with E-state index in [9.17, 15) is 31.9 Å². The molecule has 0 aromatic heterocycles. The van der Waals surface area contributed by atoms with Gasteiger partial charge in [-0.2, -0.15) is 8.78 Å². The van der Waals surface area contributed by atoms with Crippen LogP contribution in [0.5, 0.6) is 5.75 Å². The normalized spacial score (nSPS) is 22.8. The Kier molecular flexibility index (Phi) is 7.14. The van der Waals surface area contributed by atoms with Crippen molar-refractivity contribution in [3.8, 4) is 5.75 Å². The van der Waals surface area contributed by atoms with Crippen molar-refractivity contribution in [2.24, 2.45) is 17.6 Å². The number of ketones is 1. The molecule has 2 aliphatic heterocycles. The first-order chi connectivity index (χ1) is 14.7. The summed E-state index contributed by atoms with van der Waals surface area (Å²) in [6.45, 7) is 0.237. The molecule has 11 heteroatoms. The third-order valence-corrected chi connectivity index (χ3v) is 5.77. The van der Waals surface area contributed by atoms with Gasteiger partial charge in [0.15, 0.2) is 23.2 Å². The highest BCUT2D eigenvalue weighted by atomic mass is 19.2. The number of likely N-dealkylation sites (tertiary alicyclic amines) is 1. The first-order valence-electron chi connectivity index (χ1n) is 9.98. The van der Waals surface area contributed by atoms with Gasteiger partial charge in [-0.1, -0.05) is 0 Å². The molecular formula is C20H23F4N3O4. The van der Waals surface area contributed by atoms with E-state index in [0.717, 1.165) is 0 Å². The van der Waals surface area contributed by atoms with Crippen molar-refractivity contribution < 1.29 is 36.7 Å². The van der Waals surface area contributed by atoms with Gasteiger partial charge >= 0.3 is 0 Å². The molecule has 170 valence electrons. The zero-order chi connectivity index (χ0) is 22.7. The molecule has 0 radical (unpaired) electrons. The Morgan fingerprint density at radius 2 is 1.87 bits per heavy atom. The molecule has 2 heterocycles. The fourth-order valence-corrected chi connectivity index (χ4v) is 4.06. The average molecular weight is 445 g/mol. The topological polar surface area (TPSA) is 102 Å². The molecule has 1 aromatic rings. The summed E-state index contributed by atoms with van der Waals surface area (Å²) in [5, 5.41) is 2.67. The highest BCUT2D eigenvalue weighted by molar-refractivity contribution is 5.87. The molecule has 2 aliphatic rings. The Labute approximate surface area is 175 Å². The van der Waals surface area contributed by atoms with E-state index in [-0.39, 0.29) is 24.9 Å². The largest absolute Gasteiger partial charge is 0.479 e. The second kappa shape index (κ2) is 9.63. The Morgan fingerprint density at radius 3 is 2.45 bits per heavy atom. The number of hydrogen-bond acceptors (Lipinski definition) is 5. The molecular weight excluding hydrogens is 422 g/mol. The molecule has 2 fully saturated rings. The predicted molar refractivity (Wildman–Crippen MR) is 99.8 cm³/mol. The molecule has 1 unspecified atom stereocenters. The van der Waals surface area contributed by atoms with Crippen molar-refractivity contribution in [3.05, 3.63) is 29.3 Å².